The number of aromatic amines is 1. The zero-order valence-electron chi connectivity index (χ0n) is 11.1. The van der Waals surface area contributed by atoms with E-state index in [9.17, 15) is 4.79 Å². The summed E-state index contributed by atoms with van der Waals surface area (Å²) in [5.41, 5.74) is 2.06. The van der Waals surface area contributed by atoms with Gasteiger partial charge in [-0.1, -0.05) is 18.9 Å². The highest BCUT2D eigenvalue weighted by Crippen LogP contribution is 2.23. The zero-order valence-corrected chi connectivity index (χ0v) is 11.1. The van der Waals surface area contributed by atoms with Crippen LogP contribution in [0.15, 0.2) is 30.5 Å². The van der Waals surface area contributed by atoms with Crippen LogP contribution in [0.5, 0.6) is 0 Å². The van der Waals surface area contributed by atoms with Crippen molar-refractivity contribution in [1.82, 2.24) is 15.4 Å². The Hall–Kier alpha value is -2.37. The van der Waals surface area contributed by atoms with Crippen molar-refractivity contribution in [3.63, 3.8) is 0 Å². The second-order valence-corrected chi connectivity index (χ2v) is 5.02. The van der Waals surface area contributed by atoms with Crippen molar-refractivity contribution in [2.75, 3.05) is 10.6 Å². The first kappa shape index (κ1) is 12.7. The van der Waals surface area contributed by atoms with Gasteiger partial charge in [0, 0.05) is 17.4 Å². The summed E-state index contributed by atoms with van der Waals surface area (Å²) in [6, 6.07) is 8.30. The number of nitrogens with one attached hydrogen (secondary N) is 3. The molecule has 0 unspecified atom stereocenters. The summed E-state index contributed by atoms with van der Waals surface area (Å²) >= 11 is 0. The van der Waals surface area contributed by atoms with Crippen molar-refractivity contribution in [3.8, 4) is 0 Å². The molecule has 1 fully saturated rings. The molecule has 6 heteroatoms. The average molecular weight is 271 g/mol. The first-order chi connectivity index (χ1) is 9.81. The Balaban J connectivity index is 1.66. The van der Waals surface area contributed by atoms with E-state index in [4.69, 9.17) is 0 Å². The van der Waals surface area contributed by atoms with Crippen molar-refractivity contribution in [2.24, 2.45) is 0 Å². The van der Waals surface area contributed by atoms with Crippen LogP contribution in [0.2, 0.25) is 0 Å². The van der Waals surface area contributed by atoms with Crippen LogP contribution in [0.3, 0.4) is 0 Å². The third-order valence-electron chi connectivity index (χ3n) is 3.49. The van der Waals surface area contributed by atoms with Gasteiger partial charge in [-0.25, -0.2) is 0 Å². The van der Waals surface area contributed by atoms with E-state index in [1.165, 1.54) is 31.9 Å². The molecule has 0 saturated heterocycles. The van der Waals surface area contributed by atoms with E-state index < -0.39 is 0 Å². The number of carbonyl (C=O) groups excluding carboxylic acids is 1. The monoisotopic (exact) mass is 271 g/mol. The zero-order chi connectivity index (χ0) is 13.8. The van der Waals surface area contributed by atoms with Gasteiger partial charge in [0.15, 0.2) is 5.69 Å². The minimum absolute atomic E-state index is 0.267. The lowest BCUT2D eigenvalue weighted by molar-refractivity contribution is 0.102. The predicted molar refractivity (Wildman–Crippen MR) is 76.7 cm³/mol. The molecule has 1 saturated carbocycles. The maximum Gasteiger partial charge on any atom is 0.277 e. The third-order valence-corrected chi connectivity index (χ3v) is 3.49. The van der Waals surface area contributed by atoms with Crippen LogP contribution in [-0.4, -0.2) is 27.4 Å². The Morgan fingerprint density at radius 1 is 1.25 bits per heavy atom. The van der Waals surface area contributed by atoms with Crippen molar-refractivity contribution in [1.29, 1.82) is 0 Å². The molecule has 1 aromatic heterocycles. The molecule has 6 nitrogen and oxygen atoms in total. The number of H-pyrrole nitrogens is 1. The molecule has 1 aliphatic rings. The Labute approximate surface area is 117 Å². The molecule has 20 heavy (non-hydrogen) atoms. The van der Waals surface area contributed by atoms with Crippen LogP contribution in [0.4, 0.5) is 11.4 Å². The minimum atomic E-state index is -0.267. The number of carbonyl (C=O) groups is 1. The lowest BCUT2D eigenvalue weighted by Gasteiger charge is -2.14. The maximum atomic E-state index is 11.9. The van der Waals surface area contributed by atoms with Gasteiger partial charge in [-0.3, -0.25) is 4.79 Å². The maximum absolute atomic E-state index is 11.9. The topological polar surface area (TPSA) is 82.7 Å². The molecule has 1 aromatic carbocycles. The van der Waals surface area contributed by atoms with Gasteiger partial charge >= 0.3 is 0 Å². The molecule has 1 aliphatic carbocycles. The molecule has 1 amide bonds. The Morgan fingerprint density at radius 2 is 2.05 bits per heavy atom. The van der Waals surface area contributed by atoms with Crippen molar-refractivity contribution in [2.45, 2.75) is 31.7 Å². The van der Waals surface area contributed by atoms with Crippen molar-refractivity contribution in [3.05, 3.63) is 36.2 Å². The molecule has 104 valence electrons. The molecule has 3 N–H and O–H groups in total. The molecule has 0 bridgehead atoms. The molecular formula is C14H17N5O. The molecular weight excluding hydrogens is 254 g/mol. The second-order valence-electron chi connectivity index (χ2n) is 5.02. The highest BCUT2D eigenvalue weighted by molar-refractivity contribution is 6.02. The summed E-state index contributed by atoms with van der Waals surface area (Å²) in [4.78, 5) is 11.9. The highest BCUT2D eigenvalue weighted by atomic mass is 16.2. The second kappa shape index (κ2) is 5.73. The van der Waals surface area contributed by atoms with Crippen molar-refractivity contribution >= 4 is 17.3 Å². The van der Waals surface area contributed by atoms with Crippen LogP contribution < -0.4 is 10.6 Å². The number of anilines is 2. The molecule has 2 aromatic rings. The highest BCUT2D eigenvalue weighted by Gasteiger charge is 2.14. The Bertz CT molecular complexity index is 575. The van der Waals surface area contributed by atoms with Gasteiger partial charge in [0.1, 0.15) is 0 Å². The van der Waals surface area contributed by atoms with Gasteiger partial charge in [-0.15, -0.1) is 0 Å². The first-order valence-electron chi connectivity index (χ1n) is 6.85. The summed E-state index contributed by atoms with van der Waals surface area (Å²) in [7, 11) is 0. The van der Waals surface area contributed by atoms with Gasteiger partial charge in [0.05, 0.1) is 6.20 Å². The smallest absolute Gasteiger partial charge is 0.277 e. The minimum Gasteiger partial charge on any atom is -0.382 e. The van der Waals surface area contributed by atoms with E-state index in [1.54, 1.807) is 0 Å². The van der Waals surface area contributed by atoms with E-state index in [2.05, 4.69) is 26.0 Å². The number of hydrogen-bond acceptors (Lipinski definition) is 4. The van der Waals surface area contributed by atoms with E-state index in [0.717, 1.165) is 11.4 Å². The summed E-state index contributed by atoms with van der Waals surface area (Å²) in [5.74, 6) is -0.267. The van der Waals surface area contributed by atoms with Crippen LogP contribution in [0.1, 0.15) is 36.2 Å². The van der Waals surface area contributed by atoms with Crippen molar-refractivity contribution < 1.29 is 4.79 Å². The number of amides is 1. The summed E-state index contributed by atoms with van der Waals surface area (Å²) in [6.07, 6.45) is 6.42. The molecule has 3 rings (SSSR count). The molecule has 0 atom stereocenters. The number of hydrogen-bond donors (Lipinski definition) is 3. The van der Waals surface area contributed by atoms with Gasteiger partial charge in [-0.2, -0.15) is 15.4 Å². The Morgan fingerprint density at radius 3 is 2.80 bits per heavy atom. The van der Waals surface area contributed by atoms with E-state index >= 15 is 0 Å². The summed E-state index contributed by atoms with van der Waals surface area (Å²) in [5, 5.41) is 16.1. The van der Waals surface area contributed by atoms with Crippen LogP contribution in [-0.2, 0) is 0 Å². The van der Waals surface area contributed by atoms with Gasteiger partial charge in [-0.05, 0) is 31.0 Å². The van der Waals surface area contributed by atoms with E-state index in [0.29, 0.717) is 6.04 Å². The first-order valence-corrected chi connectivity index (χ1v) is 6.85. The lowest BCUT2D eigenvalue weighted by Crippen LogP contribution is -2.15. The number of rotatable bonds is 4. The quantitative estimate of drug-likeness (QED) is 0.797. The summed E-state index contributed by atoms with van der Waals surface area (Å²) < 4.78 is 0. The molecule has 0 radical (unpaired) electrons. The van der Waals surface area contributed by atoms with Gasteiger partial charge in [0.2, 0.25) is 0 Å². The number of nitrogens with zero attached hydrogens (tertiary/aromatic N) is 2. The fourth-order valence-electron chi connectivity index (χ4n) is 2.50. The van der Waals surface area contributed by atoms with Crippen LogP contribution >= 0.6 is 0 Å². The average Bonchev–Trinajstić information content (AvgIpc) is 3.12. The van der Waals surface area contributed by atoms with E-state index in [-0.39, 0.29) is 11.6 Å². The third kappa shape index (κ3) is 2.96. The number of benzene rings is 1. The van der Waals surface area contributed by atoms with Gasteiger partial charge in [0.25, 0.3) is 5.91 Å². The molecule has 0 aliphatic heterocycles. The molecule has 1 heterocycles. The lowest BCUT2D eigenvalue weighted by atomic mass is 10.2. The Kier molecular flexibility index (Phi) is 3.62. The number of aromatic nitrogens is 3. The predicted octanol–water partition coefficient (Wildman–Crippen LogP) is 2.41. The fraction of sp³-hybridized carbons (Fsp3) is 0.357. The van der Waals surface area contributed by atoms with Crippen LogP contribution in [0.25, 0.3) is 0 Å². The largest absolute Gasteiger partial charge is 0.382 e. The van der Waals surface area contributed by atoms with E-state index in [1.807, 2.05) is 24.3 Å². The van der Waals surface area contributed by atoms with Gasteiger partial charge < -0.3 is 10.6 Å². The standard InChI is InChI=1S/C14H17N5O/c20-14(13-9-15-19-18-13)17-12-7-3-6-11(8-12)16-10-4-1-2-5-10/h3,6-10,16H,1-2,4-5H2,(H,17,20)(H,15,18,19). The fourth-order valence-corrected chi connectivity index (χ4v) is 2.50. The SMILES string of the molecule is O=C(Nc1cccc(NC2CCCC2)c1)c1cn[nH]n1. The normalized spacial score (nSPS) is 15.2. The summed E-state index contributed by atoms with van der Waals surface area (Å²) in [6.45, 7) is 0. The molecule has 0 spiro atoms. The van der Waals surface area contributed by atoms with Crippen LogP contribution in [0, 0.1) is 0 Å².